The average molecular weight is 464 g/mol. The van der Waals surface area contributed by atoms with Crippen molar-refractivity contribution in [2.24, 2.45) is 5.92 Å². The molecule has 14 heteroatoms. The molecular formula is C17H16F8N2O4. The molecule has 0 aromatic heterocycles. The van der Waals surface area contributed by atoms with Gasteiger partial charge in [0.15, 0.2) is 0 Å². The molecule has 6 nitrogen and oxygen atoms in total. The van der Waals surface area contributed by atoms with Crippen LogP contribution in [0.2, 0.25) is 0 Å². The first-order valence-corrected chi connectivity index (χ1v) is 8.59. The Balaban J connectivity index is 2.72. The molecule has 0 spiro atoms. The first-order valence-electron chi connectivity index (χ1n) is 8.59. The van der Waals surface area contributed by atoms with Crippen LogP contribution in [0.1, 0.15) is 18.5 Å². The first kappa shape index (κ1) is 24.6. The van der Waals surface area contributed by atoms with E-state index in [-0.39, 0.29) is 5.56 Å². The maximum absolute atomic E-state index is 14.8. The summed E-state index contributed by atoms with van der Waals surface area (Å²) < 4.78 is 114. The lowest BCUT2D eigenvalue weighted by Crippen LogP contribution is -2.79. The first-order chi connectivity index (χ1) is 14.1. The third-order valence-electron chi connectivity index (χ3n) is 4.64. The van der Waals surface area contributed by atoms with Gasteiger partial charge in [0.1, 0.15) is 5.92 Å². The molecule has 1 heterocycles. The SMILES string of the molecule is CCOC(=O)[C@H]1[C@@H](c2ccccc2)NC(=O)N[C@]1(O)C(F)(F)C(F)(F)C(F)(F)C(F)F. The summed E-state index contributed by atoms with van der Waals surface area (Å²) in [7, 11) is 0. The van der Waals surface area contributed by atoms with Gasteiger partial charge in [0.05, 0.1) is 12.6 Å². The summed E-state index contributed by atoms with van der Waals surface area (Å²) in [6.45, 7) is 0.664. The van der Waals surface area contributed by atoms with E-state index < -0.39 is 60.5 Å². The number of carbonyl (C=O) groups excluding carboxylic acids is 2. The van der Waals surface area contributed by atoms with Gasteiger partial charge in [-0.25, -0.2) is 13.6 Å². The van der Waals surface area contributed by atoms with Crippen LogP contribution in [0.15, 0.2) is 30.3 Å². The van der Waals surface area contributed by atoms with E-state index in [1.54, 1.807) is 0 Å². The maximum atomic E-state index is 14.8. The molecule has 1 aliphatic heterocycles. The normalized spacial score (nSPS) is 25.1. The topological polar surface area (TPSA) is 87.7 Å². The van der Waals surface area contributed by atoms with Crippen molar-refractivity contribution in [1.29, 1.82) is 0 Å². The second kappa shape index (κ2) is 8.13. The predicted octanol–water partition coefficient (Wildman–Crippen LogP) is 3.08. The molecule has 1 aromatic rings. The zero-order valence-electron chi connectivity index (χ0n) is 15.5. The number of hydrogen-bond donors (Lipinski definition) is 3. The lowest BCUT2D eigenvalue weighted by molar-refractivity contribution is -0.385. The number of ether oxygens (including phenoxy) is 1. The third kappa shape index (κ3) is 3.77. The molecule has 1 fully saturated rings. The molecule has 174 valence electrons. The van der Waals surface area contributed by atoms with Gasteiger partial charge in [0.2, 0.25) is 5.72 Å². The highest BCUT2D eigenvalue weighted by Crippen LogP contribution is 2.55. The Bertz CT molecular complexity index is 824. The zero-order chi connectivity index (χ0) is 23.8. The van der Waals surface area contributed by atoms with Crippen molar-refractivity contribution in [1.82, 2.24) is 10.6 Å². The van der Waals surface area contributed by atoms with Crippen LogP contribution >= 0.6 is 0 Å². The molecule has 3 N–H and O–H groups in total. The standard InChI is InChI=1S/C17H16F8N2O4/c1-2-31-11(28)9-10(8-6-4-3-5-7-8)26-13(29)27-15(9,30)17(24,25)16(22,23)14(20,21)12(18)19/h3-7,9-10,12,30H,2H2,1H3,(H2,26,27,29)/t9-,10-,15-/m1/s1. The van der Waals surface area contributed by atoms with Crippen molar-refractivity contribution >= 4 is 12.0 Å². The number of aliphatic hydroxyl groups is 1. The summed E-state index contributed by atoms with van der Waals surface area (Å²) in [6, 6.07) is 2.57. The minimum atomic E-state index is -6.90. The van der Waals surface area contributed by atoms with E-state index >= 15 is 0 Å². The van der Waals surface area contributed by atoms with Crippen LogP contribution in [-0.2, 0) is 9.53 Å². The van der Waals surface area contributed by atoms with Crippen LogP contribution in [-0.4, -0.2) is 53.6 Å². The molecule has 1 aromatic carbocycles. The van der Waals surface area contributed by atoms with Crippen molar-refractivity contribution in [3.05, 3.63) is 35.9 Å². The highest BCUT2D eigenvalue weighted by molar-refractivity contribution is 5.83. The minimum absolute atomic E-state index is 0.173. The predicted molar refractivity (Wildman–Crippen MR) is 86.8 cm³/mol. The van der Waals surface area contributed by atoms with E-state index in [9.17, 15) is 49.8 Å². The van der Waals surface area contributed by atoms with E-state index in [2.05, 4.69) is 4.74 Å². The number of urea groups is 1. The van der Waals surface area contributed by atoms with Crippen LogP contribution in [0.4, 0.5) is 39.9 Å². The Labute approximate surface area is 169 Å². The van der Waals surface area contributed by atoms with E-state index in [1.165, 1.54) is 25.1 Å². The second-order valence-electron chi connectivity index (χ2n) is 6.56. The van der Waals surface area contributed by atoms with Crippen LogP contribution in [0.3, 0.4) is 0 Å². The number of rotatable bonds is 7. The minimum Gasteiger partial charge on any atom is -0.466 e. The van der Waals surface area contributed by atoms with Gasteiger partial charge in [-0.15, -0.1) is 0 Å². The van der Waals surface area contributed by atoms with Crippen molar-refractivity contribution in [3.8, 4) is 0 Å². The highest BCUT2D eigenvalue weighted by Gasteiger charge is 2.84. The fourth-order valence-electron chi connectivity index (χ4n) is 3.09. The smallest absolute Gasteiger partial charge is 0.382 e. The van der Waals surface area contributed by atoms with Gasteiger partial charge in [-0.1, -0.05) is 30.3 Å². The van der Waals surface area contributed by atoms with Gasteiger partial charge < -0.3 is 20.5 Å². The van der Waals surface area contributed by atoms with E-state index in [4.69, 9.17) is 0 Å². The van der Waals surface area contributed by atoms with Gasteiger partial charge >= 0.3 is 36.2 Å². The monoisotopic (exact) mass is 464 g/mol. The molecule has 2 amide bonds. The van der Waals surface area contributed by atoms with Crippen molar-refractivity contribution in [3.63, 3.8) is 0 Å². The Morgan fingerprint density at radius 2 is 1.71 bits per heavy atom. The average Bonchev–Trinajstić information content (AvgIpc) is 2.67. The number of alkyl halides is 8. The van der Waals surface area contributed by atoms with Gasteiger partial charge in [0, 0.05) is 0 Å². The fourth-order valence-corrected chi connectivity index (χ4v) is 3.09. The fraction of sp³-hybridized carbons (Fsp3) is 0.529. The molecule has 0 unspecified atom stereocenters. The largest absolute Gasteiger partial charge is 0.466 e. The van der Waals surface area contributed by atoms with E-state index in [0.29, 0.717) is 0 Å². The summed E-state index contributed by atoms with van der Waals surface area (Å²) in [4.78, 5) is 24.3. The Morgan fingerprint density at radius 3 is 2.19 bits per heavy atom. The Hall–Kier alpha value is -2.64. The van der Waals surface area contributed by atoms with Crippen molar-refractivity contribution in [2.75, 3.05) is 6.61 Å². The van der Waals surface area contributed by atoms with Crippen LogP contribution in [0.5, 0.6) is 0 Å². The number of esters is 1. The Morgan fingerprint density at radius 1 is 1.16 bits per heavy atom. The molecule has 31 heavy (non-hydrogen) atoms. The molecule has 2 rings (SSSR count). The van der Waals surface area contributed by atoms with Crippen molar-refractivity contribution in [2.45, 2.75) is 42.9 Å². The molecule has 0 aliphatic carbocycles. The summed E-state index contributed by atoms with van der Waals surface area (Å²) in [5.74, 6) is -24.6. The van der Waals surface area contributed by atoms with Crippen LogP contribution < -0.4 is 10.6 Å². The summed E-state index contributed by atoms with van der Waals surface area (Å²) in [5.41, 5.74) is -4.92. The number of benzene rings is 1. The third-order valence-corrected chi connectivity index (χ3v) is 4.64. The van der Waals surface area contributed by atoms with Gasteiger partial charge in [-0.2, -0.15) is 26.3 Å². The van der Waals surface area contributed by atoms with Gasteiger partial charge in [0.25, 0.3) is 0 Å². The van der Waals surface area contributed by atoms with Crippen LogP contribution in [0.25, 0.3) is 0 Å². The highest BCUT2D eigenvalue weighted by atomic mass is 19.4. The van der Waals surface area contributed by atoms with E-state index in [1.807, 2.05) is 5.32 Å². The molecule has 0 radical (unpaired) electrons. The molecule has 0 bridgehead atoms. The number of amides is 2. The molecule has 0 saturated carbocycles. The second-order valence-corrected chi connectivity index (χ2v) is 6.56. The Kier molecular flexibility index (Phi) is 6.46. The van der Waals surface area contributed by atoms with Gasteiger partial charge in [-0.05, 0) is 12.5 Å². The molecule has 3 atom stereocenters. The maximum Gasteiger partial charge on any atom is 0.382 e. The van der Waals surface area contributed by atoms with E-state index in [0.717, 1.165) is 17.4 Å². The number of carbonyl (C=O) groups is 2. The quantitative estimate of drug-likeness (QED) is 0.428. The molecule has 1 aliphatic rings. The molecular weight excluding hydrogens is 448 g/mol. The molecule has 1 saturated heterocycles. The summed E-state index contributed by atoms with van der Waals surface area (Å²) in [6.07, 6.45) is -5.26. The number of hydrogen-bond acceptors (Lipinski definition) is 4. The van der Waals surface area contributed by atoms with Crippen LogP contribution in [0, 0.1) is 5.92 Å². The van der Waals surface area contributed by atoms with Crippen molar-refractivity contribution < 1.29 is 54.6 Å². The number of halogens is 8. The summed E-state index contributed by atoms with van der Waals surface area (Å²) >= 11 is 0. The number of nitrogens with one attached hydrogen (secondary N) is 2. The lowest BCUT2D eigenvalue weighted by atomic mass is 9.76. The zero-order valence-corrected chi connectivity index (χ0v) is 15.5. The summed E-state index contributed by atoms with van der Waals surface area (Å²) in [5, 5.41) is 13.3. The lowest BCUT2D eigenvalue weighted by Gasteiger charge is -2.49. The van der Waals surface area contributed by atoms with Gasteiger partial charge in [-0.3, -0.25) is 4.79 Å².